The van der Waals surface area contributed by atoms with Crippen LogP contribution in [0, 0.1) is 0 Å². The van der Waals surface area contributed by atoms with Gasteiger partial charge in [-0.25, -0.2) is 0 Å². The molecule has 0 aliphatic carbocycles. The van der Waals surface area contributed by atoms with Gasteiger partial charge in [0.2, 0.25) is 5.91 Å². The van der Waals surface area contributed by atoms with Crippen LogP contribution in [0.1, 0.15) is 29.2 Å². The van der Waals surface area contributed by atoms with Crippen molar-refractivity contribution in [2.45, 2.75) is 31.4 Å². The van der Waals surface area contributed by atoms with E-state index >= 15 is 0 Å². The van der Waals surface area contributed by atoms with Crippen LogP contribution >= 0.6 is 11.8 Å². The van der Waals surface area contributed by atoms with E-state index in [1.165, 1.54) is 0 Å². The molecule has 0 spiro atoms. The number of aryl methyl sites for hydroxylation is 1. The highest BCUT2D eigenvalue weighted by Gasteiger charge is 2.31. The van der Waals surface area contributed by atoms with Crippen molar-refractivity contribution in [3.63, 3.8) is 0 Å². The molecule has 1 aromatic heterocycles. The number of ether oxygens (including phenoxy) is 1. The summed E-state index contributed by atoms with van der Waals surface area (Å²) in [5.41, 5.74) is 2.02. The molecule has 2 aromatic rings. The van der Waals surface area contributed by atoms with E-state index in [1.54, 1.807) is 6.20 Å². The third-order valence-electron chi connectivity index (χ3n) is 3.71. The first-order valence-corrected chi connectivity index (χ1v) is 8.87. The Kier molecular flexibility index (Phi) is 4.22. The summed E-state index contributed by atoms with van der Waals surface area (Å²) in [6, 6.07) is 2.74. The fourth-order valence-corrected chi connectivity index (χ4v) is 3.12. The maximum absolute atomic E-state index is 11.8. The molecule has 130 valence electrons. The molecular formula is C19H20N2O3S. The number of nitrogens with zero attached hydrogens (tertiary/aromatic N) is 1. The Balaban J connectivity index is 1.74. The van der Waals surface area contributed by atoms with E-state index in [9.17, 15) is 9.59 Å². The fraction of sp³-hybridized carbons (Fsp3) is 0.316. The van der Waals surface area contributed by atoms with Gasteiger partial charge in [-0.2, -0.15) is 0 Å². The van der Waals surface area contributed by atoms with E-state index < -0.39 is 16.4 Å². The van der Waals surface area contributed by atoms with Gasteiger partial charge in [0.05, 0.1) is 17.3 Å². The van der Waals surface area contributed by atoms with Gasteiger partial charge in [-0.15, -0.1) is 0 Å². The zero-order chi connectivity index (χ0) is 21.1. The van der Waals surface area contributed by atoms with Crippen molar-refractivity contribution in [1.82, 2.24) is 10.3 Å². The lowest BCUT2D eigenvalue weighted by molar-refractivity contribution is -0.118. The summed E-state index contributed by atoms with van der Waals surface area (Å²) >= 11 is 0.789. The monoisotopic (exact) mass is 360 g/mol. The number of nitrogens with one attached hydrogen (secondary N) is 1. The molecular weight excluding hydrogens is 336 g/mol. The smallest absolute Gasteiger partial charge is 0.286 e. The summed E-state index contributed by atoms with van der Waals surface area (Å²) in [6.07, 6.45) is 3.09. The van der Waals surface area contributed by atoms with Gasteiger partial charge >= 0.3 is 0 Å². The maximum Gasteiger partial charge on any atom is 0.286 e. The zero-order valence-electron chi connectivity index (χ0n) is 17.7. The van der Waals surface area contributed by atoms with E-state index in [0.29, 0.717) is 6.42 Å². The molecule has 5 nitrogen and oxygen atoms in total. The number of imide groups is 1. The topological polar surface area (TPSA) is 68.3 Å². The molecule has 1 atom stereocenters. The van der Waals surface area contributed by atoms with Gasteiger partial charge in [0.1, 0.15) is 5.75 Å². The molecule has 1 saturated heterocycles. The zero-order valence-corrected chi connectivity index (χ0v) is 14.5. The highest BCUT2D eigenvalue weighted by Crippen LogP contribution is 2.23. The van der Waals surface area contributed by atoms with Crippen LogP contribution in [0.15, 0.2) is 42.5 Å². The molecule has 0 radical (unpaired) electrons. The van der Waals surface area contributed by atoms with Crippen LogP contribution in [-0.2, 0) is 24.1 Å². The summed E-state index contributed by atoms with van der Waals surface area (Å²) in [7, 11) is 0. The number of hydrogen-bond acceptors (Lipinski definition) is 5. The molecule has 1 aromatic carbocycles. The van der Waals surface area contributed by atoms with E-state index in [2.05, 4.69) is 10.3 Å². The van der Waals surface area contributed by atoms with Crippen LogP contribution in [-0.4, -0.2) is 28.0 Å². The Labute approximate surface area is 156 Å². The second-order valence-electron chi connectivity index (χ2n) is 5.50. The maximum atomic E-state index is 11.8. The van der Waals surface area contributed by atoms with Crippen LogP contribution in [0.2, 0.25) is 0 Å². The highest BCUT2D eigenvalue weighted by molar-refractivity contribution is 8.15. The number of carbonyl (C=O) groups excluding carboxylic acids is 2. The van der Waals surface area contributed by atoms with Crippen molar-refractivity contribution in [2.24, 2.45) is 0 Å². The van der Waals surface area contributed by atoms with Crippen LogP contribution < -0.4 is 10.1 Å². The van der Waals surface area contributed by atoms with E-state index in [1.807, 2.05) is 19.1 Å². The predicted molar refractivity (Wildman–Crippen MR) is 97.9 cm³/mol. The average molecular weight is 360 g/mol. The number of thioether (sulfide) groups is 1. The predicted octanol–water partition coefficient (Wildman–Crippen LogP) is 3.16. The Morgan fingerprint density at radius 2 is 2.04 bits per heavy atom. The van der Waals surface area contributed by atoms with Crippen LogP contribution in [0.5, 0.6) is 5.75 Å². The molecule has 1 aliphatic rings. The SMILES string of the molecule is [2H]c1c([2H])c(OCCc2ccc(CC)cn2)c([2H])c([2H])c1CC1SC(=O)NC1=O. The van der Waals surface area contributed by atoms with Crippen molar-refractivity contribution >= 4 is 22.9 Å². The lowest BCUT2D eigenvalue weighted by Crippen LogP contribution is -2.25. The summed E-state index contributed by atoms with van der Waals surface area (Å²) in [6.45, 7) is 2.20. The van der Waals surface area contributed by atoms with Crippen LogP contribution in [0.25, 0.3) is 0 Å². The fourth-order valence-electron chi connectivity index (χ4n) is 2.28. The molecule has 0 bridgehead atoms. The Morgan fingerprint density at radius 1 is 1.24 bits per heavy atom. The molecule has 1 unspecified atom stereocenters. The van der Waals surface area contributed by atoms with Gasteiger partial charge < -0.3 is 4.74 Å². The molecule has 1 aliphatic heterocycles. The molecule has 0 saturated carbocycles. The minimum Gasteiger partial charge on any atom is -0.493 e. The molecule has 2 heterocycles. The van der Waals surface area contributed by atoms with Crippen molar-refractivity contribution < 1.29 is 19.8 Å². The molecule has 3 rings (SSSR count). The molecule has 1 fully saturated rings. The van der Waals surface area contributed by atoms with Gasteiger partial charge in [-0.1, -0.05) is 36.8 Å². The first-order chi connectivity index (χ1) is 13.8. The first-order valence-electron chi connectivity index (χ1n) is 9.99. The minimum atomic E-state index is -0.765. The van der Waals surface area contributed by atoms with Crippen LogP contribution in [0.4, 0.5) is 4.79 Å². The number of rotatable bonds is 7. The lowest BCUT2D eigenvalue weighted by atomic mass is 10.1. The van der Waals surface area contributed by atoms with Crippen molar-refractivity contribution in [3.05, 3.63) is 59.3 Å². The summed E-state index contributed by atoms with van der Waals surface area (Å²) in [5, 5.41) is 0.914. The Hall–Kier alpha value is -2.34. The second kappa shape index (κ2) is 8.16. The highest BCUT2D eigenvalue weighted by atomic mass is 32.2. The lowest BCUT2D eigenvalue weighted by Gasteiger charge is -2.09. The van der Waals surface area contributed by atoms with Crippen molar-refractivity contribution in [3.8, 4) is 5.75 Å². The molecule has 6 heteroatoms. The van der Waals surface area contributed by atoms with Gasteiger partial charge in [0.25, 0.3) is 5.24 Å². The second-order valence-corrected chi connectivity index (χ2v) is 6.68. The quantitative estimate of drug-likeness (QED) is 0.821. The summed E-state index contributed by atoms with van der Waals surface area (Å²) < 4.78 is 38.3. The van der Waals surface area contributed by atoms with Gasteiger partial charge in [0, 0.05) is 18.3 Å². The van der Waals surface area contributed by atoms with E-state index in [0.717, 1.165) is 29.4 Å². The number of hydrogen-bond donors (Lipinski definition) is 1. The van der Waals surface area contributed by atoms with E-state index in [-0.39, 0.29) is 48.5 Å². The number of aromatic nitrogens is 1. The average Bonchev–Trinajstić information content (AvgIpc) is 3.03. The minimum absolute atomic E-state index is 0.0638. The molecule has 25 heavy (non-hydrogen) atoms. The molecule has 1 N–H and O–H groups in total. The normalized spacial score (nSPS) is 19.0. The number of amides is 2. The van der Waals surface area contributed by atoms with Gasteiger partial charge in [0.15, 0.2) is 0 Å². The van der Waals surface area contributed by atoms with Crippen molar-refractivity contribution in [1.29, 1.82) is 0 Å². The third-order valence-corrected chi connectivity index (χ3v) is 4.69. The molecule has 2 amide bonds. The van der Waals surface area contributed by atoms with Gasteiger partial charge in [-0.3, -0.25) is 19.9 Å². The first kappa shape index (κ1) is 12.9. The number of benzene rings is 1. The third kappa shape index (κ3) is 4.82. The van der Waals surface area contributed by atoms with Gasteiger partial charge in [-0.05, 0) is 42.1 Å². The van der Waals surface area contributed by atoms with Crippen molar-refractivity contribution in [2.75, 3.05) is 6.61 Å². The standard InChI is InChI=1S/C19H20N2O3S/c1-2-13-3-6-15(20-12-13)9-10-24-16-7-4-14(5-8-16)11-17-18(22)21-19(23)25-17/h3-8,12,17H,2,9-11H2,1H3,(H,21,22,23)/i4D,5D,7D,8D. The Morgan fingerprint density at radius 3 is 2.64 bits per heavy atom. The summed E-state index contributed by atoms with van der Waals surface area (Å²) in [5.74, 6) is -0.618. The summed E-state index contributed by atoms with van der Waals surface area (Å²) in [4.78, 5) is 27.4. The largest absolute Gasteiger partial charge is 0.493 e. The van der Waals surface area contributed by atoms with E-state index in [4.69, 9.17) is 10.2 Å². The number of carbonyl (C=O) groups is 2. The number of pyridine rings is 1. The van der Waals surface area contributed by atoms with Crippen LogP contribution in [0.3, 0.4) is 0 Å². The Bertz CT molecular complexity index is 924.